The standard InChI is InChI=1S/C12H26N2/c1-11(12-7-4-5-8-12)13-9-6-10-14(2)3/h11-13H,4-10H2,1-3H3/t11-/m1/s1. The molecule has 1 N–H and O–H groups in total. The van der Waals surface area contributed by atoms with E-state index >= 15 is 0 Å². The molecule has 0 aliphatic heterocycles. The molecular weight excluding hydrogens is 172 g/mol. The van der Waals surface area contributed by atoms with Gasteiger partial charge in [-0.1, -0.05) is 12.8 Å². The van der Waals surface area contributed by atoms with E-state index in [1.165, 1.54) is 45.2 Å². The predicted octanol–water partition coefficient (Wildman–Crippen LogP) is 2.11. The molecule has 1 saturated carbocycles. The van der Waals surface area contributed by atoms with Crippen molar-refractivity contribution >= 4 is 0 Å². The van der Waals surface area contributed by atoms with E-state index in [1.54, 1.807) is 0 Å². The molecular formula is C12H26N2. The van der Waals surface area contributed by atoms with E-state index in [-0.39, 0.29) is 0 Å². The zero-order chi connectivity index (χ0) is 10.4. The van der Waals surface area contributed by atoms with Crippen LogP contribution in [0.1, 0.15) is 39.0 Å². The molecule has 0 amide bonds. The lowest BCUT2D eigenvalue weighted by Gasteiger charge is -2.20. The van der Waals surface area contributed by atoms with Crippen LogP contribution in [0.4, 0.5) is 0 Å². The zero-order valence-electron chi connectivity index (χ0n) is 10.1. The molecule has 2 heteroatoms. The van der Waals surface area contributed by atoms with Crippen LogP contribution in [0.15, 0.2) is 0 Å². The fourth-order valence-electron chi connectivity index (χ4n) is 2.35. The van der Waals surface area contributed by atoms with Gasteiger partial charge in [0.05, 0.1) is 0 Å². The predicted molar refractivity (Wildman–Crippen MR) is 62.6 cm³/mol. The smallest absolute Gasteiger partial charge is 0.00670 e. The summed E-state index contributed by atoms with van der Waals surface area (Å²) in [5.41, 5.74) is 0. The quantitative estimate of drug-likeness (QED) is 0.658. The van der Waals surface area contributed by atoms with Crippen LogP contribution < -0.4 is 5.32 Å². The summed E-state index contributed by atoms with van der Waals surface area (Å²) in [5.74, 6) is 0.953. The monoisotopic (exact) mass is 198 g/mol. The molecule has 84 valence electrons. The Bertz CT molecular complexity index is 139. The van der Waals surface area contributed by atoms with Crippen molar-refractivity contribution in [3.63, 3.8) is 0 Å². The first-order valence-electron chi connectivity index (χ1n) is 6.08. The molecule has 1 aliphatic rings. The van der Waals surface area contributed by atoms with Crippen molar-refractivity contribution in [2.24, 2.45) is 5.92 Å². The van der Waals surface area contributed by atoms with Gasteiger partial charge in [0.2, 0.25) is 0 Å². The number of nitrogens with zero attached hydrogens (tertiary/aromatic N) is 1. The van der Waals surface area contributed by atoms with E-state index in [1.807, 2.05) is 0 Å². The average Bonchev–Trinajstić information content (AvgIpc) is 2.64. The van der Waals surface area contributed by atoms with E-state index in [0.717, 1.165) is 12.0 Å². The largest absolute Gasteiger partial charge is 0.314 e. The number of nitrogens with one attached hydrogen (secondary N) is 1. The molecule has 1 aliphatic carbocycles. The Kier molecular flexibility index (Phi) is 5.49. The molecule has 0 aromatic carbocycles. The Morgan fingerprint density at radius 3 is 2.50 bits per heavy atom. The summed E-state index contributed by atoms with van der Waals surface area (Å²) < 4.78 is 0. The first kappa shape index (κ1) is 12.0. The first-order chi connectivity index (χ1) is 6.70. The zero-order valence-corrected chi connectivity index (χ0v) is 10.1. The minimum absolute atomic E-state index is 0.736. The lowest BCUT2D eigenvalue weighted by molar-refractivity contribution is 0.353. The van der Waals surface area contributed by atoms with Crippen molar-refractivity contribution in [1.82, 2.24) is 10.2 Å². The highest BCUT2D eigenvalue weighted by Gasteiger charge is 2.20. The summed E-state index contributed by atoms with van der Waals surface area (Å²) in [4.78, 5) is 2.25. The van der Waals surface area contributed by atoms with Crippen molar-refractivity contribution in [3.8, 4) is 0 Å². The summed E-state index contributed by atoms with van der Waals surface area (Å²) in [6.07, 6.45) is 7.07. The second-order valence-corrected chi connectivity index (χ2v) is 4.94. The van der Waals surface area contributed by atoms with Crippen LogP contribution >= 0.6 is 0 Å². The minimum atomic E-state index is 0.736. The molecule has 0 bridgehead atoms. The summed E-state index contributed by atoms with van der Waals surface area (Å²) in [5, 5.41) is 3.65. The molecule has 0 heterocycles. The van der Waals surface area contributed by atoms with Crippen molar-refractivity contribution in [2.45, 2.75) is 45.1 Å². The third kappa shape index (κ3) is 4.43. The lowest BCUT2D eigenvalue weighted by atomic mass is 10.00. The van der Waals surface area contributed by atoms with Crippen LogP contribution in [0.5, 0.6) is 0 Å². The van der Waals surface area contributed by atoms with Gasteiger partial charge in [-0.25, -0.2) is 0 Å². The normalized spacial score (nSPS) is 20.6. The van der Waals surface area contributed by atoms with E-state index in [4.69, 9.17) is 0 Å². The van der Waals surface area contributed by atoms with Crippen LogP contribution in [-0.4, -0.2) is 38.1 Å². The molecule has 14 heavy (non-hydrogen) atoms. The number of hydrogen-bond donors (Lipinski definition) is 1. The van der Waals surface area contributed by atoms with Crippen molar-refractivity contribution < 1.29 is 0 Å². The minimum Gasteiger partial charge on any atom is -0.314 e. The van der Waals surface area contributed by atoms with E-state index < -0.39 is 0 Å². The van der Waals surface area contributed by atoms with Gasteiger partial charge in [0.1, 0.15) is 0 Å². The maximum Gasteiger partial charge on any atom is 0.00670 e. The highest BCUT2D eigenvalue weighted by Crippen LogP contribution is 2.27. The fourth-order valence-corrected chi connectivity index (χ4v) is 2.35. The van der Waals surface area contributed by atoms with Crippen molar-refractivity contribution in [1.29, 1.82) is 0 Å². The lowest BCUT2D eigenvalue weighted by Crippen LogP contribution is -2.34. The van der Waals surface area contributed by atoms with E-state index in [9.17, 15) is 0 Å². The van der Waals surface area contributed by atoms with Gasteiger partial charge in [-0.15, -0.1) is 0 Å². The molecule has 2 nitrogen and oxygen atoms in total. The van der Waals surface area contributed by atoms with Crippen LogP contribution in [0.2, 0.25) is 0 Å². The maximum absolute atomic E-state index is 3.65. The fraction of sp³-hybridized carbons (Fsp3) is 1.00. The van der Waals surface area contributed by atoms with Crippen molar-refractivity contribution in [2.75, 3.05) is 27.2 Å². The molecule has 0 aromatic rings. The second kappa shape index (κ2) is 6.41. The second-order valence-electron chi connectivity index (χ2n) is 4.94. The topological polar surface area (TPSA) is 15.3 Å². The van der Waals surface area contributed by atoms with Crippen LogP contribution in [0, 0.1) is 5.92 Å². The number of hydrogen-bond acceptors (Lipinski definition) is 2. The summed E-state index contributed by atoms with van der Waals surface area (Å²) >= 11 is 0. The van der Waals surface area contributed by atoms with Gasteiger partial charge in [0, 0.05) is 6.04 Å². The number of rotatable bonds is 6. The summed E-state index contributed by atoms with van der Waals surface area (Å²) in [6, 6.07) is 0.736. The van der Waals surface area contributed by atoms with Gasteiger partial charge in [-0.3, -0.25) is 0 Å². The van der Waals surface area contributed by atoms with Gasteiger partial charge in [0.15, 0.2) is 0 Å². The van der Waals surface area contributed by atoms with Crippen LogP contribution in [0.3, 0.4) is 0 Å². The van der Waals surface area contributed by atoms with Gasteiger partial charge < -0.3 is 10.2 Å². The van der Waals surface area contributed by atoms with Crippen molar-refractivity contribution in [3.05, 3.63) is 0 Å². The average molecular weight is 198 g/mol. The molecule has 1 atom stereocenters. The van der Waals surface area contributed by atoms with Gasteiger partial charge in [-0.05, 0) is 59.3 Å². The van der Waals surface area contributed by atoms with Gasteiger partial charge >= 0.3 is 0 Å². The summed E-state index contributed by atoms with van der Waals surface area (Å²) in [7, 11) is 4.28. The Morgan fingerprint density at radius 2 is 1.93 bits per heavy atom. The van der Waals surface area contributed by atoms with E-state index in [2.05, 4.69) is 31.2 Å². The molecule has 1 fully saturated rings. The molecule has 0 unspecified atom stereocenters. The third-order valence-electron chi connectivity index (χ3n) is 3.36. The Labute approximate surface area is 89.1 Å². The molecule has 0 saturated heterocycles. The summed E-state index contributed by atoms with van der Waals surface area (Å²) in [6.45, 7) is 4.73. The highest BCUT2D eigenvalue weighted by molar-refractivity contribution is 4.77. The third-order valence-corrected chi connectivity index (χ3v) is 3.36. The van der Waals surface area contributed by atoms with E-state index in [0.29, 0.717) is 0 Å². The molecule has 0 radical (unpaired) electrons. The van der Waals surface area contributed by atoms with Gasteiger partial charge in [-0.2, -0.15) is 0 Å². The Balaban J connectivity index is 1.99. The Morgan fingerprint density at radius 1 is 1.29 bits per heavy atom. The molecule has 0 spiro atoms. The molecule has 0 aromatic heterocycles. The highest BCUT2D eigenvalue weighted by atomic mass is 15.1. The van der Waals surface area contributed by atoms with Crippen LogP contribution in [0.25, 0.3) is 0 Å². The Hall–Kier alpha value is -0.0800. The maximum atomic E-state index is 3.65. The van der Waals surface area contributed by atoms with Crippen LogP contribution in [-0.2, 0) is 0 Å². The molecule has 1 rings (SSSR count). The van der Waals surface area contributed by atoms with Gasteiger partial charge in [0.25, 0.3) is 0 Å². The first-order valence-corrected chi connectivity index (χ1v) is 6.08. The SMILES string of the molecule is C[C@@H](NCCCN(C)C)C1CCCC1.